The topological polar surface area (TPSA) is 71.8 Å². The molecule has 1 atom stereocenters. The van der Waals surface area contributed by atoms with Gasteiger partial charge < -0.3 is 19.1 Å². The number of benzene rings is 2. The van der Waals surface area contributed by atoms with Gasteiger partial charge in [0.25, 0.3) is 5.79 Å². The molecular weight excluding hydrogens is 428 g/mol. The summed E-state index contributed by atoms with van der Waals surface area (Å²) in [5, 5.41) is 9.53. The summed E-state index contributed by atoms with van der Waals surface area (Å²) in [7, 11) is 0. The first kappa shape index (κ1) is 22.3. The SMILES string of the molecule is CC(C)(C)OC(=O)N1CCC(c2cccc3c2OC(C)(c2ccc(C#N)cc2Cl)O3)CC1. The third kappa shape index (κ3) is 4.35. The van der Waals surface area contributed by atoms with E-state index in [1.54, 1.807) is 23.1 Å². The lowest BCUT2D eigenvalue weighted by Crippen LogP contribution is -2.41. The van der Waals surface area contributed by atoms with E-state index in [1.807, 2.05) is 39.8 Å². The van der Waals surface area contributed by atoms with Crippen LogP contribution < -0.4 is 9.47 Å². The molecule has 0 bridgehead atoms. The molecule has 6 nitrogen and oxygen atoms in total. The van der Waals surface area contributed by atoms with Crippen LogP contribution in [0.25, 0.3) is 0 Å². The Hall–Kier alpha value is -2.91. The largest absolute Gasteiger partial charge is 0.444 e. The number of hydrogen-bond acceptors (Lipinski definition) is 5. The monoisotopic (exact) mass is 454 g/mol. The first-order valence-corrected chi connectivity index (χ1v) is 11.2. The number of piperidine rings is 1. The molecule has 2 aromatic rings. The normalized spacial score (nSPS) is 20.7. The molecule has 0 aromatic heterocycles. The predicted molar refractivity (Wildman–Crippen MR) is 121 cm³/mol. The summed E-state index contributed by atoms with van der Waals surface area (Å²) in [4.78, 5) is 14.2. The van der Waals surface area contributed by atoms with E-state index < -0.39 is 11.4 Å². The third-order valence-corrected chi connectivity index (χ3v) is 6.10. The van der Waals surface area contributed by atoms with E-state index in [2.05, 4.69) is 12.1 Å². The van der Waals surface area contributed by atoms with Crippen LogP contribution in [0.1, 0.15) is 63.1 Å². The first-order chi connectivity index (χ1) is 15.1. The molecule has 1 unspecified atom stereocenters. The van der Waals surface area contributed by atoms with Crippen molar-refractivity contribution in [2.45, 2.75) is 57.8 Å². The van der Waals surface area contributed by atoms with Gasteiger partial charge in [-0.3, -0.25) is 0 Å². The minimum atomic E-state index is -1.08. The van der Waals surface area contributed by atoms with Crippen molar-refractivity contribution in [3.8, 4) is 17.6 Å². The maximum absolute atomic E-state index is 12.4. The molecule has 0 spiro atoms. The number of carbonyl (C=O) groups excluding carboxylic acids is 1. The van der Waals surface area contributed by atoms with Gasteiger partial charge in [-0.1, -0.05) is 23.7 Å². The molecule has 2 aliphatic heterocycles. The lowest BCUT2D eigenvalue weighted by atomic mass is 9.89. The predicted octanol–water partition coefficient (Wildman–Crippen LogP) is 5.97. The standard InChI is InChI=1S/C25H27ClN2O4/c1-24(2,3)32-23(29)28-12-10-17(11-13-28)18-6-5-7-21-22(18)31-25(4,30-21)19-9-8-16(15-27)14-20(19)26/h5-9,14,17H,10-13H2,1-4H3. The third-order valence-electron chi connectivity index (χ3n) is 5.78. The van der Waals surface area contributed by atoms with Gasteiger partial charge in [-0.15, -0.1) is 0 Å². The molecule has 1 amide bonds. The molecule has 2 aromatic carbocycles. The van der Waals surface area contributed by atoms with Crippen LogP contribution in [0.3, 0.4) is 0 Å². The Kier molecular flexibility index (Phi) is 5.72. The summed E-state index contributed by atoms with van der Waals surface area (Å²) in [6, 6.07) is 13.1. The highest BCUT2D eigenvalue weighted by Crippen LogP contribution is 2.50. The molecule has 0 N–H and O–H groups in total. The van der Waals surface area contributed by atoms with Crippen LogP contribution >= 0.6 is 11.6 Å². The van der Waals surface area contributed by atoms with E-state index >= 15 is 0 Å². The van der Waals surface area contributed by atoms with E-state index in [-0.39, 0.29) is 12.0 Å². The Bertz CT molecular complexity index is 1080. The number of hydrogen-bond donors (Lipinski definition) is 0. The van der Waals surface area contributed by atoms with Gasteiger partial charge >= 0.3 is 6.09 Å². The maximum atomic E-state index is 12.4. The lowest BCUT2D eigenvalue weighted by molar-refractivity contribution is -0.0684. The lowest BCUT2D eigenvalue weighted by Gasteiger charge is -2.34. The molecule has 2 aliphatic rings. The zero-order valence-electron chi connectivity index (χ0n) is 18.8. The summed E-state index contributed by atoms with van der Waals surface area (Å²) < 4.78 is 18.1. The highest BCUT2D eigenvalue weighted by atomic mass is 35.5. The first-order valence-electron chi connectivity index (χ1n) is 10.8. The quantitative estimate of drug-likeness (QED) is 0.559. The Labute approximate surface area is 193 Å². The molecule has 4 rings (SSSR count). The second-order valence-corrected chi connectivity index (χ2v) is 9.78. The zero-order chi connectivity index (χ0) is 23.1. The van der Waals surface area contributed by atoms with Crippen molar-refractivity contribution in [1.82, 2.24) is 4.90 Å². The van der Waals surface area contributed by atoms with E-state index in [4.69, 9.17) is 31.1 Å². The van der Waals surface area contributed by atoms with Crippen molar-refractivity contribution in [1.29, 1.82) is 5.26 Å². The average molecular weight is 455 g/mol. The van der Waals surface area contributed by atoms with Crippen LogP contribution in [0, 0.1) is 11.3 Å². The molecule has 0 saturated carbocycles. The van der Waals surface area contributed by atoms with Crippen LogP contribution in [0.4, 0.5) is 4.79 Å². The molecular formula is C25H27ClN2O4. The van der Waals surface area contributed by atoms with Gasteiger partial charge in [0.05, 0.1) is 22.2 Å². The summed E-state index contributed by atoms with van der Waals surface area (Å²) in [5.41, 5.74) is 1.71. The maximum Gasteiger partial charge on any atom is 0.410 e. The van der Waals surface area contributed by atoms with Crippen molar-refractivity contribution >= 4 is 17.7 Å². The summed E-state index contributed by atoms with van der Waals surface area (Å²) in [5.74, 6) is 0.540. The van der Waals surface area contributed by atoms with E-state index in [0.717, 1.165) is 18.4 Å². The number of carbonyl (C=O) groups is 1. The van der Waals surface area contributed by atoms with Gasteiger partial charge in [0.2, 0.25) is 0 Å². The fourth-order valence-corrected chi connectivity index (χ4v) is 4.58. The van der Waals surface area contributed by atoms with Crippen molar-refractivity contribution in [3.05, 3.63) is 58.1 Å². The molecule has 0 aliphatic carbocycles. The number of amides is 1. The number of ether oxygens (including phenoxy) is 3. The van der Waals surface area contributed by atoms with Crippen LogP contribution in [0.15, 0.2) is 36.4 Å². The fraction of sp³-hybridized carbons (Fsp3) is 0.440. The van der Waals surface area contributed by atoms with Gasteiger partial charge in [0.15, 0.2) is 11.5 Å². The Balaban J connectivity index is 1.51. The van der Waals surface area contributed by atoms with Crippen molar-refractivity contribution < 1.29 is 19.0 Å². The van der Waals surface area contributed by atoms with E-state index in [0.29, 0.717) is 40.7 Å². The van der Waals surface area contributed by atoms with Crippen molar-refractivity contribution in [2.75, 3.05) is 13.1 Å². The minimum absolute atomic E-state index is 0.242. The Morgan fingerprint density at radius 1 is 1.22 bits per heavy atom. The van der Waals surface area contributed by atoms with E-state index in [1.165, 1.54) is 0 Å². The molecule has 1 fully saturated rings. The number of rotatable bonds is 2. The van der Waals surface area contributed by atoms with Gasteiger partial charge in [-0.05, 0) is 63.8 Å². The zero-order valence-corrected chi connectivity index (χ0v) is 19.5. The van der Waals surface area contributed by atoms with E-state index in [9.17, 15) is 4.79 Å². The highest BCUT2D eigenvalue weighted by Gasteiger charge is 2.42. The van der Waals surface area contributed by atoms with Crippen molar-refractivity contribution in [3.63, 3.8) is 0 Å². The Morgan fingerprint density at radius 3 is 2.56 bits per heavy atom. The summed E-state index contributed by atoms with van der Waals surface area (Å²) >= 11 is 6.44. The smallest absolute Gasteiger partial charge is 0.410 e. The fourth-order valence-electron chi connectivity index (χ4n) is 4.23. The minimum Gasteiger partial charge on any atom is -0.444 e. The number of nitriles is 1. The number of likely N-dealkylation sites (tertiary alicyclic amines) is 1. The molecule has 1 saturated heterocycles. The van der Waals surface area contributed by atoms with Crippen LogP contribution in [0.5, 0.6) is 11.5 Å². The second kappa shape index (κ2) is 8.22. The number of nitrogens with zero attached hydrogens (tertiary/aromatic N) is 2. The average Bonchev–Trinajstić information content (AvgIpc) is 3.09. The van der Waals surface area contributed by atoms with Gasteiger partial charge in [-0.25, -0.2) is 4.79 Å². The number of fused-ring (bicyclic) bond motifs is 1. The highest BCUT2D eigenvalue weighted by molar-refractivity contribution is 6.31. The van der Waals surface area contributed by atoms with Gasteiger partial charge in [-0.2, -0.15) is 5.26 Å². The number of halogens is 1. The molecule has 0 radical (unpaired) electrons. The van der Waals surface area contributed by atoms with Crippen molar-refractivity contribution in [2.24, 2.45) is 0 Å². The molecule has 2 heterocycles. The second-order valence-electron chi connectivity index (χ2n) is 9.37. The van der Waals surface area contributed by atoms with Crippen LogP contribution in [0.2, 0.25) is 5.02 Å². The summed E-state index contributed by atoms with van der Waals surface area (Å²) in [6.07, 6.45) is 1.36. The molecule has 7 heteroatoms. The molecule has 168 valence electrons. The van der Waals surface area contributed by atoms with Crippen LogP contribution in [-0.4, -0.2) is 29.7 Å². The number of para-hydroxylation sites is 1. The van der Waals surface area contributed by atoms with Gasteiger partial charge in [0, 0.05) is 25.6 Å². The van der Waals surface area contributed by atoms with Gasteiger partial charge in [0.1, 0.15) is 5.60 Å². The molecule has 32 heavy (non-hydrogen) atoms. The van der Waals surface area contributed by atoms with Crippen LogP contribution in [-0.2, 0) is 10.5 Å². The Morgan fingerprint density at radius 2 is 1.94 bits per heavy atom. The summed E-state index contributed by atoms with van der Waals surface area (Å²) in [6.45, 7) is 8.71.